The van der Waals surface area contributed by atoms with Crippen LogP contribution in [0.4, 0.5) is 19.1 Å². The van der Waals surface area contributed by atoms with E-state index in [1.54, 1.807) is 24.3 Å². The number of halogens is 3. The standard InChI is InChI=1S/C15H14F3N3O2S/c1-8-12(15(16,17)18)9(2)20-14(19-8)21-24-11-6-4-5-10(7-11)13(22)23-3/h4-7H,1-3H3,(H,19,20,21). The van der Waals surface area contributed by atoms with E-state index in [0.717, 1.165) is 11.9 Å². The second-order valence-electron chi connectivity index (χ2n) is 4.81. The van der Waals surface area contributed by atoms with Gasteiger partial charge in [0.05, 0.1) is 29.6 Å². The first-order chi connectivity index (χ1) is 11.2. The van der Waals surface area contributed by atoms with Crippen molar-refractivity contribution in [3.63, 3.8) is 0 Å². The van der Waals surface area contributed by atoms with Crippen LogP contribution in [-0.4, -0.2) is 23.0 Å². The number of carbonyl (C=O) groups excluding carboxylic acids is 1. The van der Waals surface area contributed by atoms with Crippen molar-refractivity contribution in [2.24, 2.45) is 0 Å². The van der Waals surface area contributed by atoms with E-state index in [1.807, 2.05) is 0 Å². The first-order valence-corrected chi connectivity index (χ1v) is 7.57. The maximum Gasteiger partial charge on any atom is 0.419 e. The van der Waals surface area contributed by atoms with Gasteiger partial charge in [-0.15, -0.1) is 0 Å². The molecule has 0 fully saturated rings. The Balaban J connectivity index is 2.17. The number of hydrogen-bond donors (Lipinski definition) is 1. The molecule has 0 spiro atoms. The number of hydrogen-bond acceptors (Lipinski definition) is 6. The lowest BCUT2D eigenvalue weighted by Crippen LogP contribution is -2.14. The molecule has 0 aliphatic heterocycles. The molecule has 128 valence electrons. The molecule has 24 heavy (non-hydrogen) atoms. The zero-order valence-electron chi connectivity index (χ0n) is 13.1. The Morgan fingerprint density at radius 1 is 1.21 bits per heavy atom. The highest BCUT2D eigenvalue weighted by molar-refractivity contribution is 8.00. The minimum atomic E-state index is -4.49. The van der Waals surface area contributed by atoms with Crippen LogP contribution in [0.3, 0.4) is 0 Å². The van der Waals surface area contributed by atoms with E-state index >= 15 is 0 Å². The lowest BCUT2D eigenvalue weighted by Gasteiger charge is -2.13. The van der Waals surface area contributed by atoms with E-state index in [0.29, 0.717) is 10.5 Å². The van der Waals surface area contributed by atoms with Crippen LogP contribution >= 0.6 is 11.9 Å². The van der Waals surface area contributed by atoms with Crippen LogP contribution in [0.1, 0.15) is 27.3 Å². The van der Waals surface area contributed by atoms with E-state index in [2.05, 4.69) is 19.4 Å². The number of benzene rings is 1. The van der Waals surface area contributed by atoms with Gasteiger partial charge in [0.1, 0.15) is 0 Å². The van der Waals surface area contributed by atoms with E-state index in [1.165, 1.54) is 21.0 Å². The highest BCUT2D eigenvalue weighted by atomic mass is 32.2. The Morgan fingerprint density at radius 2 is 1.83 bits per heavy atom. The average Bonchev–Trinajstić information content (AvgIpc) is 2.50. The third-order valence-corrected chi connectivity index (χ3v) is 3.84. The molecule has 0 saturated carbocycles. The topological polar surface area (TPSA) is 64.1 Å². The van der Waals surface area contributed by atoms with Crippen molar-refractivity contribution < 1.29 is 22.7 Å². The van der Waals surface area contributed by atoms with Crippen LogP contribution in [0.5, 0.6) is 0 Å². The summed E-state index contributed by atoms with van der Waals surface area (Å²) in [6.07, 6.45) is -4.49. The molecule has 0 unspecified atom stereocenters. The molecule has 0 aliphatic rings. The molecule has 2 aromatic rings. The van der Waals surface area contributed by atoms with E-state index in [4.69, 9.17) is 0 Å². The molecule has 0 saturated heterocycles. The SMILES string of the molecule is COC(=O)c1cccc(SNc2nc(C)c(C(F)(F)F)c(C)n2)c1. The van der Waals surface area contributed by atoms with E-state index in [9.17, 15) is 18.0 Å². The smallest absolute Gasteiger partial charge is 0.419 e. The van der Waals surface area contributed by atoms with Gasteiger partial charge in [0, 0.05) is 4.90 Å². The quantitative estimate of drug-likeness (QED) is 0.659. The molecular weight excluding hydrogens is 343 g/mol. The lowest BCUT2D eigenvalue weighted by atomic mass is 10.1. The van der Waals surface area contributed by atoms with Crippen LogP contribution < -0.4 is 4.72 Å². The monoisotopic (exact) mass is 357 g/mol. The number of anilines is 1. The maximum absolute atomic E-state index is 12.9. The zero-order chi connectivity index (χ0) is 17.9. The number of aromatic nitrogens is 2. The molecule has 0 atom stereocenters. The van der Waals surface area contributed by atoms with Crippen molar-refractivity contribution >= 4 is 23.9 Å². The first kappa shape index (κ1) is 18.1. The number of ether oxygens (including phenoxy) is 1. The molecular formula is C15H14F3N3O2S. The molecule has 2 rings (SSSR count). The Morgan fingerprint density at radius 3 is 2.38 bits per heavy atom. The summed E-state index contributed by atoms with van der Waals surface area (Å²) < 4.78 is 46.1. The highest BCUT2D eigenvalue weighted by Crippen LogP contribution is 2.33. The number of methoxy groups -OCH3 is 1. The molecule has 1 aromatic carbocycles. The Kier molecular flexibility index (Phi) is 5.33. The van der Waals surface area contributed by atoms with Gasteiger partial charge in [-0.2, -0.15) is 13.2 Å². The van der Waals surface area contributed by atoms with Crippen molar-refractivity contribution in [2.75, 3.05) is 11.8 Å². The summed E-state index contributed by atoms with van der Waals surface area (Å²) in [4.78, 5) is 19.8. The molecule has 5 nitrogen and oxygen atoms in total. The number of carbonyl (C=O) groups is 1. The van der Waals surface area contributed by atoms with Gasteiger partial charge in [-0.25, -0.2) is 14.8 Å². The number of nitrogens with zero attached hydrogens (tertiary/aromatic N) is 2. The fraction of sp³-hybridized carbons (Fsp3) is 0.267. The Bertz CT molecular complexity index is 743. The summed E-state index contributed by atoms with van der Waals surface area (Å²) in [6, 6.07) is 6.58. The van der Waals surface area contributed by atoms with Gasteiger partial charge in [0.2, 0.25) is 5.95 Å². The van der Waals surface area contributed by atoms with Gasteiger partial charge < -0.3 is 4.74 Å². The van der Waals surface area contributed by atoms with Gasteiger partial charge in [-0.3, -0.25) is 4.72 Å². The summed E-state index contributed by atoms with van der Waals surface area (Å²) in [7, 11) is 1.28. The van der Waals surface area contributed by atoms with Crippen molar-refractivity contribution in [1.29, 1.82) is 0 Å². The number of rotatable bonds is 4. The lowest BCUT2D eigenvalue weighted by molar-refractivity contribution is -0.139. The number of alkyl halides is 3. The fourth-order valence-electron chi connectivity index (χ4n) is 2.08. The summed E-state index contributed by atoms with van der Waals surface area (Å²) in [5.74, 6) is -0.415. The van der Waals surface area contributed by atoms with E-state index in [-0.39, 0.29) is 17.3 Å². The molecule has 1 heterocycles. The number of esters is 1. The van der Waals surface area contributed by atoms with Gasteiger partial charge >= 0.3 is 12.1 Å². The largest absolute Gasteiger partial charge is 0.465 e. The molecule has 1 N–H and O–H groups in total. The Labute approximate surface area is 140 Å². The Hall–Kier alpha value is -2.29. The van der Waals surface area contributed by atoms with Crippen LogP contribution in [0, 0.1) is 13.8 Å². The highest BCUT2D eigenvalue weighted by Gasteiger charge is 2.36. The van der Waals surface area contributed by atoms with Crippen molar-refractivity contribution in [3.8, 4) is 0 Å². The van der Waals surface area contributed by atoms with Crippen molar-refractivity contribution in [1.82, 2.24) is 9.97 Å². The molecule has 0 aliphatic carbocycles. The van der Waals surface area contributed by atoms with Crippen LogP contribution in [0.15, 0.2) is 29.2 Å². The van der Waals surface area contributed by atoms with Crippen LogP contribution in [0.2, 0.25) is 0 Å². The summed E-state index contributed by atoms with van der Waals surface area (Å²) in [5, 5.41) is 0. The van der Waals surface area contributed by atoms with Crippen molar-refractivity contribution in [3.05, 3.63) is 46.8 Å². The normalized spacial score (nSPS) is 11.2. The third kappa shape index (κ3) is 4.16. The molecule has 9 heteroatoms. The number of nitrogens with one attached hydrogen (secondary N) is 1. The van der Waals surface area contributed by atoms with Crippen LogP contribution in [-0.2, 0) is 10.9 Å². The summed E-state index contributed by atoms with van der Waals surface area (Å²) >= 11 is 1.08. The van der Waals surface area contributed by atoms with Gasteiger partial charge in [-0.05, 0) is 44.0 Å². The van der Waals surface area contributed by atoms with Gasteiger partial charge in [0.15, 0.2) is 0 Å². The van der Waals surface area contributed by atoms with Crippen molar-refractivity contribution in [2.45, 2.75) is 24.9 Å². The summed E-state index contributed by atoms with van der Waals surface area (Å²) in [6.45, 7) is 2.57. The molecule has 1 aromatic heterocycles. The molecule has 0 radical (unpaired) electrons. The van der Waals surface area contributed by atoms with Crippen LogP contribution in [0.25, 0.3) is 0 Å². The number of aryl methyl sites for hydroxylation is 2. The molecule has 0 amide bonds. The predicted molar refractivity (Wildman–Crippen MR) is 83.8 cm³/mol. The predicted octanol–water partition coefficient (Wildman–Crippen LogP) is 4.02. The minimum Gasteiger partial charge on any atom is -0.465 e. The second-order valence-corrected chi connectivity index (χ2v) is 5.69. The summed E-state index contributed by atoms with van der Waals surface area (Å²) in [5.41, 5.74) is -0.765. The average molecular weight is 357 g/mol. The minimum absolute atomic E-state index is 0.0615. The fourth-order valence-corrected chi connectivity index (χ4v) is 2.71. The zero-order valence-corrected chi connectivity index (χ0v) is 13.9. The van der Waals surface area contributed by atoms with E-state index < -0.39 is 17.7 Å². The maximum atomic E-state index is 12.9. The third-order valence-electron chi connectivity index (χ3n) is 3.07. The first-order valence-electron chi connectivity index (χ1n) is 6.76. The van der Waals surface area contributed by atoms with Gasteiger partial charge in [0.25, 0.3) is 0 Å². The molecule has 0 bridgehead atoms. The van der Waals surface area contributed by atoms with Gasteiger partial charge in [-0.1, -0.05) is 6.07 Å². The second kappa shape index (κ2) is 7.08.